The van der Waals surface area contributed by atoms with Crippen LogP contribution < -0.4 is 0 Å². The van der Waals surface area contributed by atoms with Gasteiger partial charge in [0.1, 0.15) is 0 Å². The molecule has 0 fully saturated rings. The topological polar surface area (TPSA) is 66.7 Å². The molecule has 0 aliphatic carbocycles. The Labute approximate surface area is 77.7 Å². The van der Waals surface area contributed by atoms with E-state index in [9.17, 15) is 9.59 Å². The zero-order valence-electron chi connectivity index (χ0n) is 8.37. The van der Waals surface area contributed by atoms with Crippen LogP contribution in [-0.2, 0) is 9.59 Å². The summed E-state index contributed by atoms with van der Waals surface area (Å²) in [5.74, 6) is -0.947. The molecule has 1 atom stereocenters. The van der Waals surface area contributed by atoms with Gasteiger partial charge in [0.25, 0.3) is 0 Å². The quantitative estimate of drug-likeness (QED) is 0.532. The van der Waals surface area contributed by atoms with Gasteiger partial charge in [0, 0.05) is 0 Å². The maximum absolute atomic E-state index is 10.9. The van der Waals surface area contributed by atoms with Crippen molar-refractivity contribution in [2.24, 2.45) is 16.3 Å². The number of nitrogens with zero attached hydrogens (tertiary/aromatic N) is 1. The fourth-order valence-electron chi connectivity index (χ4n) is 1.33. The van der Waals surface area contributed by atoms with Crippen LogP contribution in [0, 0.1) is 11.3 Å². The number of carboxylic acids is 1. The Morgan fingerprint density at radius 1 is 1.46 bits per heavy atom. The highest BCUT2D eigenvalue weighted by Crippen LogP contribution is 2.28. The van der Waals surface area contributed by atoms with Crippen molar-refractivity contribution in [2.75, 3.05) is 0 Å². The number of rotatable bonds is 4. The minimum absolute atomic E-state index is 0.00699. The van der Waals surface area contributed by atoms with Gasteiger partial charge in [-0.25, -0.2) is 9.79 Å². The van der Waals surface area contributed by atoms with Crippen molar-refractivity contribution >= 4 is 12.0 Å². The number of carbonyl (C=O) groups excluding carboxylic acids is 1. The Balaban J connectivity index is 4.93. The molecule has 0 bridgehead atoms. The molecule has 0 saturated heterocycles. The van der Waals surface area contributed by atoms with E-state index in [-0.39, 0.29) is 5.92 Å². The molecular weight excluding hydrogens is 170 g/mol. The first kappa shape index (κ1) is 11.8. The Morgan fingerprint density at radius 3 is 2.15 bits per heavy atom. The predicted octanol–water partition coefficient (Wildman–Crippen LogP) is 1.46. The molecule has 0 amide bonds. The van der Waals surface area contributed by atoms with Gasteiger partial charge in [0.15, 0.2) is 0 Å². The van der Waals surface area contributed by atoms with Crippen LogP contribution in [0.15, 0.2) is 4.99 Å². The van der Waals surface area contributed by atoms with E-state index >= 15 is 0 Å². The van der Waals surface area contributed by atoms with Gasteiger partial charge in [-0.1, -0.05) is 13.8 Å². The molecule has 4 nitrogen and oxygen atoms in total. The van der Waals surface area contributed by atoms with Crippen molar-refractivity contribution in [2.45, 2.75) is 33.7 Å². The lowest BCUT2D eigenvalue weighted by atomic mass is 9.79. The summed E-state index contributed by atoms with van der Waals surface area (Å²) < 4.78 is 0. The number of isocyanates is 1. The number of carboxylic acid groups (broad SMARTS) is 1. The van der Waals surface area contributed by atoms with E-state index in [0.717, 1.165) is 0 Å². The lowest BCUT2D eigenvalue weighted by Gasteiger charge is -2.28. The lowest BCUT2D eigenvalue weighted by Crippen LogP contribution is -2.39. The Kier molecular flexibility index (Phi) is 3.82. The van der Waals surface area contributed by atoms with Gasteiger partial charge in [-0.3, -0.25) is 4.79 Å². The van der Waals surface area contributed by atoms with Gasteiger partial charge in [-0.15, -0.1) is 0 Å². The summed E-state index contributed by atoms with van der Waals surface area (Å²) in [7, 11) is 0. The first-order valence-electron chi connectivity index (χ1n) is 4.14. The van der Waals surface area contributed by atoms with Gasteiger partial charge < -0.3 is 5.11 Å². The Morgan fingerprint density at radius 2 is 1.92 bits per heavy atom. The van der Waals surface area contributed by atoms with E-state index in [1.165, 1.54) is 6.08 Å². The zero-order chi connectivity index (χ0) is 10.6. The van der Waals surface area contributed by atoms with Crippen LogP contribution in [0.25, 0.3) is 0 Å². The van der Waals surface area contributed by atoms with Crippen molar-refractivity contribution < 1.29 is 14.7 Å². The third kappa shape index (κ3) is 2.67. The molecular formula is C9H15NO3. The molecule has 0 saturated carbocycles. The number of carbonyl (C=O) groups is 1. The second kappa shape index (κ2) is 4.19. The van der Waals surface area contributed by atoms with E-state index in [0.29, 0.717) is 0 Å². The number of aliphatic carboxylic acids is 1. The average molecular weight is 185 g/mol. The largest absolute Gasteiger partial charge is 0.481 e. The second-order valence-corrected chi connectivity index (χ2v) is 3.94. The SMILES string of the molecule is CC(C)C(N=C=O)C(C)(C)C(=O)O. The highest BCUT2D eigenvalue weighted by Gasteiger charge is 2.38. The summed E-state index contributed by atoms with van der Waals surface area (Å²) in [6.07, 6.45) is 1.42. The van der Waals surface area contributed by atoms with Crippen molar-refractivity contribution in [3.8, 4) is 0 Å². The summed E-state index contributed by atoms with van der Waals surface area (Å²) in [6.45, 7) is 6.77. The summed E-state index contributed by atoms with van der Waals surface area (Å²) in [5, 5.41) is 8.90. The molecule has 74 valence electrons. The first-order chi connectivity index (χ1) is 5.84. The van der Waals surface area contributed by atoms with Crippen LogP contribution in [0.5, 0.6) is 0 Å². The third-order valence-electron chi connectivity index (χ3n) is 2.11. The van der Waals surface area contributed by atoms with Gasteiger partial charge in [-0.05, 0) is 19.8 Å². The fourth-order valence-corrected chi connectivity index (χ4v) is 1.33. The smallest absolute Gasteiger partial charge is 0.311 e. The van der Waals surface area contributed by atoms with Crippen LogP contribution in [0.4, 0.5) is 0 Å². The minimum Gasteiger partial charge on any atom is -0.481 e. The molecule has 1 N–H and O–H groups in total. The average Bonchev–Trinajstić information content (AvgIpc) is 1.98. The normalized spacial score (nSPS) is 13.6. The molecule has 13 heavy (non-hydrogen) atoms. The van der Waals surface area contributed by atoms with E-state index in [1.54, 1.807) is 13.8 Å². The summed E-state index contributed by atoms with van der Waals surface area (Å²) in [4.78, 5) is 24.5. The van der Waals surface area contributed by atoms with E-state index in [4.69, 9.17) is 5.11 Å². The second-order valence-electron chi connectivity index (χ2n) is 3.94. The number of hydrogen-bond donors (Lipinski definition) is 1. The van der Waals surface area contributed by atoms with Gasteiger partial charge in [0.05, 0.1) is 11.5 Å². The molecule has 0 spiro atoms. The van der Waals surface area contributed by atoms with Crippen LogP contribution in [0.3, 0.4) is 0 Å². The summed E-state index contributed by atoms with van der Waals surface area (Å²) in [6, 6.07) is -0.525. The monoisotopic (exact) mass is 185 g/mol. The molecule has 0 aliphatic rings. The molecule has 0 radical (unpaired) electrons. The maximum atomic E-state index is 10.9. The Hall–Kier alpha value is -1.15. The number of hydrogen-bond acceptors (Lipinski definition) is 3. The standard InChI is InChI=1S/C9H15NO3/c1-6(2)7(10-5-11)9(3,4)8(12)13/h6-7H,1-4H3,(H,12,13). The van der Waals surface area contributed by atoms with Gasteiger partial charge >= 0.3 is 5.97 Å². The molecule has 0 rings (SSSR count). The van der Waals surface area contributed by atoms with Crippen LogP contribution in [-0.4, -0.2) is 23.2 Å². The predicted molar refractivity (Wildman–Crippen MR) is 48.2 cm³/mol. The van der Waals surface area contributed by atoms with E-state index in [1.807, 2.05) is 13.8 Å². The highest BCUT2D eigenvalue weighted by atomic mass is 16.4. The summed E-state index contributed by atoms with van der Waals surface area (Å²) in [5.41, 5.74) is -1.02. The molecule has 0 heterocycles. The summed E-state index contributed by atoms with van der Waals surface area (Å²) >= 11 is 0. The molecule has 0 aliphatic heterocycles. The maximum Gasteiger partial charge on any atom is 0.311 e. The highest BCUT2D eigenvalue weighted by molar-refractivity contribution is 5.74. The Bertz CT molecular complexity index is 239. The molecule has 1 unspecified atom stereocenters. The fraction of sp³-hybridized carbons (Fsp3) is 0.778. The van der Waals surface area contributed by atoms with Crippen LogP contribution in [0.1, 0.15) is 27.7 Å². The first-order valence-corrected chi connectivity index (χ1v) is 4.14. The van der Waals surface area contributed by atoms with E-state index in [2.05, 4.69) is 4.99 Å². The van der Waals surface area contributed by atoms with Crippen molar-refractivity contribution in [3.63, 3.8) is 0 Å². The third-order valence-corrected chi connectivity index (χ3v) is 2.11. The molecule has 4 heteroatoms. The zero-order valence-corrected chi connectivity index (χ0v) is 8.37. The molecule has 0 aromatic rings. The van der Waals surface area contributed by atoms with Crippen molar-refractivity contribution in [1.82, 2.24) is 0 Å². The van der Waals surface area contributed by atoms with Gasteiger partial charge in [-0.2, -0.15) is 0 Å². The van der Waals surface area contributed by atoms with Gasteiger partial charge in [0.2, 0.25) is 6.08 Å². The van der Waals surface area contributed by atoms with E-state index < -0.39 is 17.4 Å². The molecule has 0 aromatic heterocycles. The van der Waals surface area contributed by atoms with Crippen LogP contribution >= 0.6 is 0 Å². The lowest BCUT2D eigenvalue weighted by molar-refractivity contribution is -0.148. The molecule has 0 aromatic carbocycles. The van der Waals surface area contributed by atoms with Crippen LogP contribution in [0.2, 0.25) is 0 Å². The number of aliphatic imine (C=N–C) groups is 1. The van der Waals surface area contributed by atoms with Crippen molar-refractivity contribution in [3.05, 3.63) is 0 Å². The van der Waals surface area contributed by atoms with Crippen molar-refractivity contribution in [1.29, 1.82) is 0 Å². The minimum atomic E-state index is -1.02.